The maximum Gasteiger partial charge on any atom is 0.321 e. The number of para-hydroxylation sites is 2. The molecule has 0 saturated heterocycles. The number of nitrogens with one attached hydrogen (secondary N) is 2. The van der Waals surface area contributed by atoms with Gasteiger partial charge in [0.15, 0.2) is 11.5 Å². The molecule has 3 rings (SSSR count). The molecule has 1 aromatic heterocycles. The molecule has 1 aliphatic heterocycles. The minimum absolute atomic E-state index is 0.00760. The lowest BCUT2D eigenvalue weighted by atomic mass is 10.2. The number of fused-ring (bicyclic) bond motifs is 1. The van der Waals surface area contributed by atoms with Crippen LogP contribution in [0.4, 0.5) is 4.79 Å². The fourth-order valence-corrected chi connectivity index (χ4v) is 2.77. The number of nitrogens with zero attached hydrogens (tertiary/aromatic N) is 2. The lowest BCUT2D eigenvalue weighted by molar-refractivity contribution is -0.117. The zero-order chi connectivity index (χ0) is 19.2. The standard InChI is InChI=1S/C17H20N4O5S/c1-3-10(2)18-16(23)19-14(22)9-27-17-21-20-15(26-17)13-8-24-11-6-4-5-7-12(11)25-13/h4-7,10,13H,3,8-9H2,1-2H3,(H2,18,19,22,23)/t10-,13+/m0/s1. The second-order valence-corrected chi connectivity index (χ2v) is 6.82. The summed E-state index contributed by atoms with van der Waals surface area (Å²) in [5.41, 5.74) is 0. The fourth-order valence-electron chi connectivity index (χ4n) is 2.20. The summed E-state index contributed by atoms with van der Waals surface area (Å²) in [7, 11) is 0. The van der Waals surface area contributed by atoms with Gasteiger partial charge >= 0.3 is 6.03 Å². The van der Waals surface area contributed by atoms with Crippen molar-refractivity contribution >= 4 is 23.7 Å². The Morgan fingerprint density at radius 3 is 2.85 bits per heavy atom. The molecule has 0 spiro atoms. The third-order valence-electron chi connectivity index (χ3n) is 3.78. The number of aromatic nitrogens is 2. The first-order chi connectivity index (χ1) is 13.0. The van der Waals surface area contributed by atoms with Gasteiger partial charge in [0.1, 0.15) is 6.61 Å². The van der Waals surface area contributed by atoms with Crippen molar-refractivity contribution in [1.29, 1.82) is 0 Å². The van der Waals surface area contributed by atoms with Crippen LogP contribution in [-0.2, 0) is 4.79 Å². The Morgan fingerprint density at radius 2 is 2.07 bits per heavy atom. The van der Waals surface area contributed by atoms with Crippen molar-refractivity contribution in [1.82, 2.24) is 20.8 Å². The summed E-state index contributed by atoms with van der Waals surface area (Å²) in [5, 5.41) is 13.0. The number of benzene rings is 1. The van der Waals surface area contributed by atoms with Crippen molar-refractivity contribution in [2.45, 2.75) is 37.6 Å². The molecule has 0 unspecified atom stereocenters. The van der Waals surface area contributed by atoms with E-state index in [1.807, 2.05) is 32.0 Å². The third-order valence-corrected chi connectivity index (χ3v) is 4.59. The van der Waals surface area contributed by atoms with Crippen LogP contribution in [0.25, 0.3) is 0 Å². The molecule has 0 saturated carbocycles. The van der Waals surface area contributed by atoms with E-state index in [2.05, 4.69) is 20.8 Å². The third kappa shape index (κ3) is 5.13. The van der Waals surface area contributed by atoms with Crippen LogP contribution in [-0.4, -0.2) is 40.5 Å². The lowest BCUT2D eigenvalue weighted by Crippen LogP contribution is -2.43. The Balaban J connectivity index is 1.49. The highest BCUT2D eigenvalue weighted by Gasteiger charge is 2.27. The van der Waals surface area contributed by atoms with Crippen molar-refractivity contribution in [3.63, 3.8) is 0 Å². The number of carbonyl (C=O) groups excluding carboxylic acids is 2. The minimum atomic E-state index is -0.521. The Morgan fingerprint density at radius 1 is 1.30 bits per heavy atom. The van der Waals surface area contributed by atoms with E-state index in [1.54, 1.807) is 6.07 Å². The summed E-state index contributed by atoms with van der Waals surface area (Å²) in [4.78, 5) is 23.4. The quantitative estimate of drug-likeness (QED) is 0.720. The molecule has 2 atom stereocenters. The van der Waals surface area contributed by atoms with Gasteiger partial charge in [0.2, 0.25) is 12.0 Å². The number of rotatable bonds is 6. The molecular formula is C17H20N4O5S. The van der Waals surface area contributed by atoms with Crippen LogP contribution >= 0.6 is 11.8 Å². The predicted molar refractivity (Wildman–Crippen MR) is 96.8 cm³/mol. The molecule has 1 aliphatic rings. The first kappa shape index (κ1) is 19.0. The van der Waals surface area contributed by atoms with Crippen molar-refractivity contribution in [2.75, 3.05) is 12.4 Å². The zero-order valence-corrected chi connectivity index (χ0v) is 15.7. The maximum atomic E-state index is 11.8. The second-order valence-electron chi connectivity index (χ2n) is 5.89. The van der Waals surface area contributed by atoms with Gasteiger partial charge in [-0.05, 0) is 25.5 Å². The molecule has 27 heavy (non-hydrogen) atoms. The highest BCUT2D eigenvalue weighted by Crippen LogP contribution is 2.35. The van der Waals surface area contributed by atoms with Gasteiger partial charge in [0, 0.05) is 6.04 Å². The van der Waals surface area contributed by atoms with Crippen LogP contribution in [0.15, 0.2) is 33.9 Å². The SMILES string of the molecule is CC[C@H](C)NC(=O)NC(=O)CSc1nnc([C@H]2COc3ccccc3O2)o1. The molecule has 144 valence electrons. The highest BCUT2D eigenvalue weighted by atomic mass is 32.2. The molecule has 0 radical (unpaired) electrons. The van der Waals surface area contributed by atoms with E-state index in [1.165, 1.54) is 0 Å². The number of amides is 3. The molecule has 0 aliphatic carbocycles. The molecule has 2 aromatic rings. The van der Waals surface area contributed by atoms with Crippen LogP contribution in [0, 0.1) is 0 Å². The van der Waals surface area contributed by atoms with Crippen LogP contribution in [0.2, 0.25) is 0 Å². The number of ether oxygens (including phenoxy) is 2. The largest absolute Gasteiger partial charge is 0.485 e. The fraction of sp³-hybridized carbons (Fsp3) is 0.412. The molecule has 0 bridgehead atoms. The van der Waals surface area contributed by atoms with E-state index in [0.717, 1.165) is 18.2 Å². The van der Waals surface area contributed by atoms with Gasteiger partial charge in [0.25, 0.3) is 11.1 Å². The number of carbonyl (C=O) groups is 2. The van der Waals surface area contributed by atoms with E-state index in [0.29, 0.717) is 11.5 Å². The first-order valence-corrected chi connectivity index (χ1v) is 9.48. The molecular weight excluding hydrogens is 372 g/mol. The summed E-state index contributed by atoms with van der Waals surface area (Å²) >= 11 is 1.04. The molecule has 3 amide bonds. The smallest absolute Gasteiger partial charge is 0.321 e. The van der Waals surface area contributed by atoms with Crippen LogP contribution in [0.5, 0.6) is 11.5 Å². The van der Waals surface area contributed by atoms with Gasteiger partial charge in [-0.3, -0.25) is 10.1 Å². The minimum Gasteiger partial charge on any atom is -0.485 e. The zero-order valence-electron chi connectivity index (χ0n) is 14.9. The molecule has 9 nitrogen and oxygen atoms in total. The van der Waals surface area contributed by atoms with Gasteiger partial charge < -0.3 is 19.2 Å². The number of imide groups is 1. The van der Waals surface area contributed by atoms with Gasteiger partial charge in [-0.15, -0.1) is 10.2 Å². The first-order valence-electron chi connectivity index (χ1n) is 8.50. The average Bonchev–Trinajstić information content (AvgIpc) is 3.15. The molecule has 10 heteroatoms. The van der Waals surface area contributed by atoms with Gasteiger partial charge in [-0.25, -0.2) is 4.79 Å². The predicted octanol–water partition coefficient (Wildman–Crippen LogP) is 2.30. The number of thioether (sulfide) groups is 1. The molecule has 2 heterocycles. The number of hydrogen-bond donors (Lipinski definition) is 2. The average molecular weight is 392 g/mol. The van der Waals surface area contributed by atoms with Gasteiger partial charge in [-0.1, -0.05) is 30.8 Å². The maximum absolute atomic E-state index is 11.8. The van der Waals surface area contributed by atoms with Crippen LogP contribution in [0.3, 0.4) is 0 Å². The molecule has 0 fully saturated rings. The normalized spacial score (nSPS) is 16.4. The van der Waals surface area contributed by atoms with Crippen LogP contribution in [0.1, 0.15) is 32.3 Å². The second kappa shape index (κ2) is 8.76. The van der Waals surface area contributed by atoms with Crippen LogP contribution < -0.4 is 20.1 Å². The monoisotopic (exact) mass is 392 g/mol. The van der Waals surface area contributed by atoms with E-state index < -0.39 is 18.0 Å². The van der Waals surface area contributed by atoms with E-state index in [4.69, 9.17) is 13.9 Å². The Kier molecular flexibility index (Phi) is 6.17. The Hall–Kier alpha value is -2.75. The molecule has 1 aromatic carbocycles. The lowest BCUT2D eigenvalue weighted by Gasteiger charge is -2.23. The van der Waals surface area contributed by atoms with Gasteiger partial charge in [0.05, 0.1) is 5.75 Å². The summed E-state index contributed by atoms with van der Waals surface area (Å²) < 4.78 is 16.9. The summed E-state index contributed by atoms with van der Waals surface area (Å²) in [6, 6.07) is 6.78. The summed E-state index contributed by atoms with van der Waals surface area (Å²) in [6.45, 7) is 4.04. The van der Waals surface area contributed by atoms with E-state index in [9.17, 15) is 9.59 Å². The van der Waals surface area contributed by atoms with Crippen molar-refractivity contribution in [3.8, 4) is 11.5 Å². The number of urea groups is 1. The topological polar surface area (TPSA) is 116 Å². The Labute approximate surface area is 160 Å². The van der Waals surface area contributed by atoms with Crippen molar-refractivity contribution < 1.29 is 23.5 Å². The number of hydrogen-bond acceptors (Lipinski definition) is 8. The Bertz CT molecular complexity index is 812. The van der Waals surface area contributed by atoms with Crippen molar-refractivity contribution in [3.05, 3.63) is 30.2 Å². The summed E-state index contributed by atoms with van der Waals surface area (Å²) in [5.74, 6) is 1.05. The highest BCUT2D eigenvalue weighted by molar-refractivity contribution is 7.99. The van der Waals surface area contributed by atoms with Crippen molar-refractivity contribution in [2.24, 2.45) is 0 Å². The van der Waals surface area contributed by atoms with Gasteiger partial charge in [-0.2, -0.15) is 0 Å². The van der Waals surface area contributed by atoms with E-state index in [-0.39, 0.29) is 29.5 Å². The summed E-state index contributed by atoms with van der Waals surface area (Å²) in [6.07, 6.45) is 0.260. The van der Waals surface area contributed by atoms with E-state index >= 15 is 0 Å². The molecule has 2 N–H and O–H groups in total.